The second-order valence-corrected chi connectivity index (χ2v) is 2.06. The smallest absolute Gasteiger partial charge is 0.144 e. The van der Waals surface area contributed by atoms with E-state index in [2.05, 4.69) is 10.1 Å². The van der Waals surface area contributed by atoms with E-state index in [4.69, 9.17) is 4.84 Å². The molecule has 0 N–H and O–H groups in total. The molecule has 3 nitrogen and oxygen atoms in total. The molecule has 0 aliphatic carbocycles. The van der Waals surface area contributed by atoms with Gasteiger partial charge in [0.15, 0.2) is 0 Å². The maximum Gasteiger partial charge on any atom is 0.144 e. The molecule has 0 amide bonds. The van der Waals surface area contributed by atoms with Gasteiger partial charge in [0.1, 0.15) is 6.61 Å². The summed E-state index contributed by atoms with van der Waals surface area (Å²) < 4.78 is 0. The molecule has 10 heavy (non-hydrogen) atoms. The van der Waals surface area contributed by atoms with Crippen molar-refractivity contribution in [1.29, 1.82) is 0 Å². The Morgan fingerprint density at radius 2 is 2.50 bits per heavy atom. The van der Waals surface area contributed by atoms with Crippen molar-refractivity contribution < 1.29 is 4.84 Å². The number of oxime groups is 1. The highest BCUT2D eigenvalue weighted by Crippen LogP contribution is 2.08. The SMILES string of the molecule is C1=NOCc2cccnc21. The normalized spacial score (nSPS) is 14.0. The molecule has 1 aromatic rings. The van der Waals surface area contributed by atoms with Gasteiger partial charge in [0, 0.05) is 11.8 Å². The molecule has 50 valence electrons. The van der Waals surface area contributed by atoms with E-state index in [-0.39, 0.29) is 0 Å². The average Bonchev–Trinajstić information content (AvgIpc) is 2.05. The Morgan fingerprint density at radius 3 is 3.40 bits per heavy atom. The van der Waals surface area contributed by atoms with Crippen LogP contribution in [0.3, 0.4) is 0 Å². The maximum absolute atomic E-state index is 4.83. The highest BCUT2D eigenvalue weighted by molar-refractivity contribution is 5.78. The number of hydrogen-bond donors (Lipinski definition) is 0. The number of hydrogen-bond acceptors (Lipinski definition) is 3. The molecule has 1 aliphatic rings. The lowest BCUT2D eigenvalue weighted by Crippen LogP contribution is -2.02. The van der Waals surface area contributed by atoms with Crippen LogP contribution in [-0.2, 0) is 11.4 Å². The van der Waals surface area contributed by atoms with Crippen LogP contribution in [0.2, 0.25) is 0 Å². The lowest BCUT2D eigenvalue weighted by atomic mass is 10.2. The van der Waals surface area contributed by atoms with Crippen LogP contribution in [0.25, 0.3) is 0 Å². The van der Waals surface area contributed by atoms with Crippen molar-refractivity contribution >= 4 is 6.21 Å². The van der Waals surface area contributed by atoms with Crippen LogP contribution in [0.15, 0.2) is 23.5 Å². The van der Waals surface area contributed by atoms with Crippen molar-refractivity contribution in [2.24, 2.45) is 5.16 Å². The summed E-state index contributed by atoms with van der Waals surface area (Å²) in [6.45, 7) is 0.541. The van der Waals surface area contributed by atoms with Gasteiger partial charge < -0.3 is 4.84 Å². The molecule has 0 atom stereocenters. The summed E-state index contributed by atoms with van der Waals surface area (Å²) in [6.07, 6.45) is 3.37. The third-order valence-electron chi connectivity index (χ3n) is 1.40. The van der Waals surface area contributed by atoms with Gasteiger partial charge in [-0.3, -0.25) is 4.98 Å². The van der Waals surface area contributed by atoms with Crippen LogP contribution in [-0.4, -0.2) is 11.2 Å². The molecular formula is C7H6N2O. The number of nitrogens with zero attached hydrogens (tertiary/aromatic N) is 2. The minimum atomic E-state index is 0.541. The van der Waals surface area contributed by atoms with E-state index in [1.54, 1.807) is 12.4 Å². The molecule has 0 spiro atoms. The van der Waals surface area contributed by atoms with Crippen LogP contribution < -0.4 is 0 Å². The first-order valence-corrected chi connectivity index (χ1v) is 3.06. The van der Waals surface area contributed by atoms with E-state index in [0.29, 0.717) is 6.61 Å². The summed E-state index contributed by atoms with van der Waals surface area (Å²) in [4.78, 5) is 8.92. The summed E-state index contributed by atoms with van der Waals surface area (Å²) >= 11 is 0. The van der Waals surface area contributed by atoms with Gasteiger partial charge in [-0.05, 0) is 6.07 Å². The zero-order valence-electron chi connectivity index (χ0n) is 5.32. The summed E-state index contributed by atoms with van der Waals surface area (Å²) in [6, 6.07) is 3.87. The second kappa shape index (κ2) is 2.10. The first-order chi connectivity index (χ1) is 4.97. The molecular weight excluding hydrogens is 128 g/mol. The van der Waals surface area contributed by atoms with Crippen molar-refractivity contribution in [2.45, 2.75) is 6.61 Å². The van der Waals surface area contributed by atoms with Gasteiger partial charge in [-0.2, -0.15) is 0 Å². The Bertz CT molecular complexity index is 270. The first-order valence-electron chi connectivity index (χ1n) is 3.06. The van der Waals surface area contributed by atoms with Gasteiger partial charge in [0.2, 0.25) is 0 Å². The quantitative estimate of drug-likeness (QED) is 0.529. The van der Waals surface area contributed by atoms with Gasteiger partial charge in [0.05, 0.1) is 11.9 Å². The van der Waals surface area contributed by atoms with Crippen LogP contribution in [0.5, 0.6) is 0 Å². The van der Waals surface area contributed by atoms with Gasteiger partial charge in [-0.25, -0.2) is 0 Å². The lowest BCUT2D eigenvalue weighted by molar-refractivity contribution is 0.127. The Kier molecular flexibility index (Phi) is 1.13. The predicted molar refractivity (Wildman–Crippen MR) is 36.6 cm³/mol. The molecule has 0 radical (unpaired) electrons. The van der Waals surface area contributed by atoms with Crippen LogP contribution >= 0.6 is 0 Å². The van der Waals surface area contributed by atoms with Crippen LogP contribution in [0, 0.1) is 0 Å². The lowest BCUT2D eigenvalue weighted by Gasteiger charge is -2.06. The zero-order chi connectivity index (χ0) is 6.81. The second-order valence-electron chi connectivity index (χ2n) is 2.06. The van der Waals surface area contributed by atoms with Crippen molar-refractivity contribution in [1.82, 2.24) is 4.98 Å². The van der Waals surface area contributed by atoms with E-state index in [9.17, 15) is 0 Å². The van der Waals surface area contributed by atoms with E-state index < -0.39 is 0 Å². The Morgan fingerprint density at radius 1 is 1.50 bits per heavy atom. The van der Waals surface area contributed by atoms with Crippen molar-refractivity contribution in [3.63, 3.8) is 0 Å². The van der Waals surface area contributed by atoms with Gasteiger partial charge in [-0.15, -0.1) is 0 Å². The predicted octanol–water partition coefficient (Wildman–Crippen LogP) is 0.946. The van der Waals surface area contributed by atoms with Crippen molar-refractivity contribution in [3.8, 4) is 0 Å². The monoisotopic (exact) mass is 134 g/mol. The molecule has 2 rings (SSSR count). The number of rotatable bonds is 0. The summed E-state index contributed by atoms with van der Waals surface area (Å²) in [5, 5.41) is 3.63. The largest absolute Gasteiger partial charge is 0.391 e. The number of aromatic nitrogens is 1. The van der Waals surface area contributed by atoms with Gasteiger partial charge in [-0.1, -0.05) is 11.2 Å². The highest BCUT2D eigenvalue weighted by atomic mass is 16.6. The molecule has 0 saturated heterocycles. The number of fused-ring (bicyclic) bond motifs is 1. The van der Waals surface area contributed by atoms with Crippen LogP contribution in [0.4, 0.5) is 0 Å². The van der Waals surface area contributed by atoms with Gasteiger partial charge in [0.25, 0.3) is 0 Å². The molecule has 0 bridgehead atoms. The fourth-order valence-corrected chi connectivity index (χ4v) is 0.883. The van der Waals surface area contributed by atoms with E-state index in [0.717, 1.165) is 11.3 Å². The third-order valence-corrected chi connectivity index (χ3v) is 1.40. The molecule has 0 fully saturated rings. The van der Waals surface area contributed by atoms with E-state index >= 15 is 0 Å². The summed E-state index contributed by atoms with van der Waals surface area (Å²) in [5.41, 5.74) is 2.01. The molecule has 2 heterocycles. The summed E-state index contributed by atoms with van der Waals surface area (Å²) in [7, 11) is 0. The molecule has 0 saturated carbocycles. The first kappa shape index (κ1) is 5.41. The molecule has 3 heteroatoms. The van der Waals surface area contributed by atoms with Gasteiger partial charge >= 0.3 is 0 Å². The third kappa shape index (κ3) is 0.757. The summed E-state index contributed by atoms with van der Waals surface area (Å²) in [5.74, 6) is 0. The fourth-order valence-electron chi connectivity index (χ4n) is 0.883. The Hall–Kier alpha value is -1.38. The average molecular weight is 134 g/mol. The zero-order valence-corrected chi connectivity index (χ0v) is 5.32. The Labute approximate surface area is 58.3 Å². The molecule has 1 aromatic heterocycles. The molecule has 1 aliphatic heterocycles. The number of pyridine rings is 1. The highest BCUT2D eigenvalue weighted by Gasteiger charge is 2.04. The molecule has 0 aromatic carbocycles. The van der Waals surface area contributed by atoms with Crippen molar-refractivity contribution in [2.75, 3.05) is 0 Å². The van der Waals surface area contributed by atoms with E-state index in [1.807, 2.05) is 12.1 Å². The minimum absolute atomic E-state index is 0.541. The molecule has 0 unspecified atom stereocenters. The minimum Gasteiger partial charge on any atom is -0.391 e. The maximum atomic E-state index is 4.83. The topological polar surface area (TPSA) is 34.5 Å². The van der Waals surface area contributed by atoms with Crippen molar-refractivity contribution in [3.05, 3.63) is 29.6 Å². The van der Waals surface area contributed by atoms with Crippen LogP contribution in [0.1, 0.15) is 11.3 Å². The standard InChI is InChI=1S/C7H6N2O/c1-2-6-5-10-9-4-7(6)8-3-1/h1-4H,5H2. The fraction of sp³-hybridized carbons (Fsp3) is 0.143. The Balaban J connectivity index is 2.54. The van der Waals surface area contributed by atoms with E-state index in [1.165, 1.54) is 0 Å².